The molecule has 0 aliphatic heterocycles. The molecule has 1 rings (SSSR count). The van der Waals surface area contributed by atoms with Crippen LogP contribution in [0.3, 0.4) is 0 Å². The van der Waals surface area contributed by atoms with E-state index in [1.165, 1.54) is 0 Å². The molecule has 0 aliphatic rings. The second kappa shape index (κ2) is 3.47. The van der Waals surface area contributed by atoms with Crippen molar-refractivity contribution >= 4 is 12.6 Å². The number of aromatic nitrogens is 1. The number of hydrogen-bond donors (Lipinski definition) is 3. The van der Waals surface area contributed by atoms with Gasteiger partial charge in [-0.2, -0.15) is 13.2 Å². The zero-order chi connectivity index (χ0) is 10.9. The molecule has 3 N–H and O–H groups in total. The fraction of sp³-hybridized carbons (Fsp3) is 0.167. The van der Waals surface area contributed by atoms with Crippen molar-refractivity contribution in [3.05, 3.63) is 18.0 Å². The molecule has 0 amide bonds. The van der Waals surface area contributed by atoms with Crippen LogP contribution in [0.25, 0.3) is 0 Å². The number of rotatable bonds is 1. The normalized spacial score (nSPS) is 11.5. The molecular weight excluding hydrogens is 202 g/mol. The Morgan fingerprint density at radius 1 is 1.21 bits per heavy atom. The van der Waals surface area contributed by atoms with Crippen LogP contribution in [0.15, 0.2) is 12.4 Å². The van der Waals surface area contributed by atoms with Crippen LogP contribution in [-0.4, -0.2) is 27.3 Å². The lowest BCUT2D eigenvalue weighted by Gasteiger charge is -2.12. The van der Waals surface area contributed by atoms with Gasteiger partial charge in [-0.25, -0.2) is 0 Å². The van der Waals surface area contributed by atoms with Gasteiger partial charge in [0, 0.05) is 11.7 Å². The summed E-state index contributed by atoms with van der Waals surface area (Å²) >= 11 is 0. The maximum Gasteiger partial charge on any atom is 0.492 e. The van der Waals surface area contributed by atoms with Gasteiger partial charge < -0.3 is 15.2 Å². The molecule has 1 aromatic heterocycles. The summed E-state index contributed by atoms with van der Waals surface area (Å²) in [5.74, 6) is -0.908. The quantitative estimate of drug-likeness (QED) is 0.542. The van der Waals surface area contributed by atoms with Crippen LogP contribution < -0.4 is 5.46 Å². The van der Waals surface area contributed by atoms with Crippen molar-refractivity contribution in [1.29, 1.82) is 0 Å². The number of halogens is 3. The van der Waals surface area contributed by atoms with Crippen LogP contribution in [0.1, 0.15) is 5.56 Å². The molecule has 0 spiro atoms. The van der Waals surface area contributed by atoms with E-state index in [1.54, 1.807) is 0 Å². The fourth-order valence-corrected chi connectivity index (χ4v) is 0.957. The molecule has 0 aromatic carbocycles. The predicted molar refractivity (Wildman–Crippen MR) is 40.7 cm³/mol. The lowest BCUT2D eigenvalue weighted by molar-refractivity contribution is -0.137. The highest BCUT2D eigenvalue weighted by molar-refractivity contribution is 6.60. The third kappa shape index (κ3) is 1.96. The molecule has 0 saturated heterocycles. The topological polar surface area (TPSA) is 73.6 Å². The molecule has 0 aliphatic carbocycles. The Kier molecular flexibility index (Phi) is 2.67. The summed E-state index contributed by atoms with van der Waals surface area (Å²) in [6, 6.07) is 0. The number of hydrogen-bond acceptors (Lipinski definition) is 4. The van der Waals surface area contributed by atoms with E-state index < -0.39 is 30.1 Å². The van der Waals surface area contributed by atoms with Crippen molar-refractivity contribution in [2.45, 2.75) is 6.18 Å². The summed E-state index contributed by atoms with van der Waals surface area (Å²) in [5.41, 5.74) is -2.36. The first-order valence-corrected chi connectivity index (χ1v) is 3.44. The predicted octanol–water partition coefficient (Wildman–Crippen LogP) is -0.514. The van der Waals surface area contributed by atoms with E-state index in [0.717, 1.165) is 0 Å². The molecule has 1 heterocycles. The third-order valence-electron chi connectivity index (χ3n) is 1.53. The summed E-state index contributed by atoms with van der Waals surface area (Å²) in [5, 5.41) is 26.2. The Morgan fingerprint density at radius 2 is 1.79 bits per heavy atom. The van der Waals surface area contributed by atoms with Crippen LogP contribution >= 0.6 is 0 Å². The van der Waals surface area contributed by atoms with Crippen molar-refractivity contribution in [1.82, 2.24) is 4.98 Å². The Hall–Kier alpha value is -1.28. The van der Waals surface area contributed by atoms with E-state index in [4.69, 9.17) is 15.2 Å². The molecule has 0 unspecified atom stereocenters. The Labute approximate surface area is 76.8 Å². The highest BCUT2D eigenvalue weighted by Crippen LogP contribution is 2.28. The summed E-state index contributed by atoms with van der Waals surface area (Å²) in [6.45, 7) is 0. The number of alkyl halides is 3. The molecule has 0 fully saturated rings. The second-order valence-electron chi connectivity index (χ2n) is 2.49. The Balaban J connectivity index is 3.36. The summed E-state index contributed by atoms with van der Waals surface area (Å²) in [6.07, 6.45) is -3.68. The minimum absolute atomic E-state index is 0.411. The molecule has 8 heteroatoms. The Bertz CT molecular complexity index is 342. The molecule has 76 valence electrons. The molecule has 1 aromatic rings. The van der Waals surface area contributed by atoms with E-state index in [2.05, 4.69) is 4.98 Å². The second-order valence-corrected chi connectivity index (χ2v) is 2.49. The van der Waals surface area contributed by atoms with E-state index in [0.29, 0.717) is 12.4 Å². The third-order valence-corrected chi connectivity index (χ3v) is 1.53. The van der Waals surface area contributed by atoms with E-state index in [-0.39, 0.29) is 0 Å². The van der Waals surface area contributed by atoms with Crippen LogP contribution in [0.5, 0.6) is 5.75 Å². The summed E-state index contributed by atoms with van der Waals surface area (Å²) < 4.78 is 36.6. The van der Waals surface area contributed by atoms with Gasteiger partial charge in [-0.05, 0) is 0 Å². The smallest absolute Gasteiger partial charge is 0.492 e. The molecule has 0 bridgehead atoms. The first-order chi connectivity index (χ1) is 6.34. The van der Waals surface area contributed by atoms with Gasteiger partial charge in [0.15, 0.2) is 0 Å². The molecule has 14 heavy (non-hydrogen) atoms. The molecule has 0 atom stereocenters. The first kappa shape index (κ1) is 10.8. The zero-order valence-electron chi connectivity index (χ0n) is 6.65. The fourth-order valence-electron chi connectivity index (χ4n) is 0.957. The molecular formula is C6H5BF3NO3. The first-order valence-electron chi connectivity index (χ1n) is 3.44. The van der Waals surface area contributed by atoms with Gasteiger partial charge in [0.2, 0.25) is 0 Å². The highest BCUT2D eigenvalue weighted by atomic mass is 19.4. The van der Waals surface area contributed by atoms with E-state index in [9.17, 15) is 13.2 Å². The monoisotopic (exact) mass is 207 g/mol. The largest absolute Gasteiger partial charge is 0.507 e. The lowest BCUT2D eigenvalue weighted by atomic mass is 9.77. The van der Waals surface area contributed by atoms with Gasteiger partial charge in [-0.3, -0.25) is 4.98 Å². The van der Waals surface area contributed by atoms with Crippen LogP contribution in [-0.2, 0) is 6.18 Å². The van der Waals surface area contributed by atoms with Crippen LogP contribution in [0.2, 0.25) is 0 Å². The van der Waals surface area contributed by atoms with Crippen molar-refractivity contribution in [2.24, 2.45) is 0 Å². The maximum absolute atomic E-state index is 12.2. The van der Waals surface area contributed by atoms with Gasteiger partial charge >= 0.3 is 13.3 Å². The molecule has 4 nitrogen and oxygen atoms in total. The highest BCUT2D eigenvalue weighted by Gasteiger charge is 2.38. The number of nitrogens with zero attached hydrogens (tertiary/aromatic N) is 1. The van der Waals surface area contributed by atoms with Gasteiger partial charge in [0.05, 0.1) is 11.8 Å². The van der Waals surface area contributed by atoms with Crippen LogP contribution in [0.4, 0.5) is 13.2 Å². The van der Waals surface area contributed by atoms with Gasteiger partial charge in [-0.1, -0.05) is 0 Å². The number of pyridine rings is 1. The summed E-state index contributed by atoms with van der Waals surface area (Å²) in [7, 11) is -2.39. The SMILES string of the molecule is OB(O)c1c(O)cncc1C(F)(F)F. The number of aromatic hydroxyl groups is 1. The maximum atomic E-state index is 12.2. The Morgan fingerprint density at radius 3 is 2.14 bits per heavy atom. The average molecular weight is 207 g/mol. The van der Waals surface area contributed by atoms with Crippen molar-refractivity contribution < 1.29 is 28.3 Å². The summed E-state index contributed by atoms with van der Waals surface area (Å²) in [4.78, 5) is 3.10. The minimum atomic E-state index is -4.79. The van der Waals surface area contributed by atoms with E-state index in [1.807, 2.05) is 0 Å². The van der Waals surface area contributed by atoms with Crippen molar-refractivity contribution in [3.63, 3.8) is 0 Å². The zero-order valence-corrected chi connectivity index (χ0v) is 6.65. The van der Waals surface area contributed by atoms with Gasteiger partial charge in [0.1, 0.15) is 5.75 Å². The van der Waals surface area contributed by atoms with Gasteiger partial charge in [-0.15, -0.1) is 0 Å². The van der Waals surface area contributed by atoms with E-state index >= 15 is 0 Å². The molecule has 0 saturated carbocycles. The lowest BCUT2D eigenvalue weighted by Crippen LogP contribution is -2.36. The standard InChI is InChI=1S/C6H5BF3NO3/c8-6(9,10)3-1-11-2-4(12)5(3)7(13)14/h1-2,12-14H. The minimum Gasteiger partial charge on any atom is -0.507 e. The molecule has 0 radical (unpaired) electrons. The van der Waals surface area contributed by atoms with Crippen LogP contribution in [0, 0.1) is 0 Å². The average Bonchev–Trinajstić information content (AvgIpc) is 2.01. The van der Waals surface area contributed by atoms with Crippen molar-refractivity contribution in [3.8, 4) is 5.75 Å². The van der Waals surface area contributed by atoms with Crippen molar-refractivity contribution in [2.75, 3.05) is 0 Å². The van der Waals surface area contributed by atoms with Gasteiger partial charge in [0.25, 0.3) is 0 Å².